The summed E-state index contributed by atoms with van der Waals surface area (Å²) in [6.45, 7) is 7.97. The molecule has 1 heterocycles. The Bertz CT molecular complexity index is 791. The topological polar surface area (TPSA) is 88.9 Å². The predicted molar refractivity (Wildman–Crippen MR) is 93.5 cm³/mol. The molecule has 1 aromatic heterocycles. The van der Waals surface area contributed by atoms with Crippen LogP contribution in [0.3, 0.4) is 0 Å². The quantitative estimate of drug-likeness (QED) is 0.503. The van der Waals surface area contributed by atoms with Gasteiger partial charge in [0.15, 0.2) is 5.76 Å². The fourth-order valence-electron chi connectivity index (χ4n) is 2.01. The smallest absolute Gasteiger partial charge is 0.339 e. The number of amides is 2. The SMILES string of the molecule is CC(C#Cc1ccc(Oc2ccc(C(C)(C)C)cc2)o1)N(O)C(N)=O. The second-order valence-electron chi connectivity index (χ2n) is 6.62. The maximum Gasteiger partial charge on any atom is 0.339 e. The molecule has 0 aliphatic heterocycles. The molecule has 6 heteroatoms. The molecule has 0 aliphatic carbocycles. The molecule has 0 saturated carbocycles. The third kappa shape index (κ3) is 5.03. The average Bonchev–Trinajstić information content (AvgIpc) is 2.99. The number of urea groups is 1. The summed E-state index contributed by atoms with van der Waals surface area (Å²) in [4.78, 5) is 10.8. The largest absolute Gasteiger partial charge is 0.426 e. The Hall–Kier alpha value is -2.91. The number of furan rings is 1. The minimum atomic E-state index is -0.969. The zero-order chi connectivity index (χ0) is 18.6. The molecule has 0 radical (unpaired) electrons. The monoisotopic (exact) mass is 342 g/mol. The third-order valence-corrected chi connectivity index (χ3v) is 3.52. The average molecular weight is 342 g/mol. The third-order valence-electron chi connectivity index (χ3n) is 3.52. The molecule has 1 atom stereocenters. The van der Waals surface area contributed by atoms with Crippen LogP contribution < -0.4 is 10.5 Å². The predicted octanol–water partition coefficient (Wildman–Crippen LogP) is 3.88. The lowest BCUT2D eigenvalue weighted by Crippen LogP contribution is -2.38. The number of carbonyl (C=O) groups is 1. The fraction of sp³-hybridized carbons (Fsp3) is 0.316. The number of rotatable bonds is 3. The first-order valence-electron chi connectivity index (χ1n) is 7.84. The van der Waals surface area contributed by atoms with Crippen molar-refractivity contribution in [1.82, 2.24) is 5.06 Å². The minimum Gasteiger partial charge on any atom is -0.426 e. The number of ether oxygens (including phenoxy) is 1. The van der Waals surface area contributed by atoms with Gasteiger partial charge in [-0.25, -0.2) is 4.79 Å². The van der Waals surface area contributed by atoms with Crippen LogP contribution >= 0.6 is 0 Å². The van der Waals surface area contributed by atoms with E-state index in [4.69, 9.17) is 14.9 Å². The molecule has 2 rings (SSSR count). The molecular weight excluding hydrogens is 320 g/mol. The number of nitrogens with zero attached hydrogens (tertiary/aromatic N) is 1. The number of hydrogen-bond donors (Lipinski definition) is 2. The normalized spacial score (nSPS) is 12.0. The molecule has 2 amide bonds. The Labute approximate surface area is 147 Å². The van der Waals surface area contributed by atoms with Gasteiger partial charge < -0.3 is 14.9 Å². The lowest BCUT2D eigenvalue weighted by atomic mass is 9.87. The van der Waals surface area contributed by atoms with Crippen LogP contribution in [0, 0.1) is 11.8 Å². The number of primary amides is 1. The van der Waals surface area contributed by atoms with Crippen LogP contribution in [0.25, 0.3) is 0 Å². The highest BCUT2D eigenvalue weighted by Gasteiger charge is 2.14. The molecule has 6 nitrogen and oxygen atoms in total. The zero-order valence-corrected chi connectivity index (χ0v) is 14.7. The Balaban J connectivity index is 2.04. The number of hydrogen-bond acceptors (Lipinski definition) is 4. The minimum absolute atomic E-state index is 0.0775. The molecule has 1 unspecified atom stereocenters. The molecule has 0 fully saturated rings. The second-order valence-corrected chi connectivity index (χ2v) is 6.62. The van der Waals surface area contributed by atoms with Crippen LogP contribution in [0.5, 0.6) is 11.7 Å². The maximum absolute atomic E-state index is 10.8. The lowest BCUT2D eigenvalue weighted by molar-refractivity contribution is -0.0536. The van der Waals surface area contributed by atoms with E-state index in [9.17, 15) is 10.0 Å². The van der Waals surface area contributed by atoms with Crippen molar-refractivity contribution in [2.75, 3.05) is 0 Å². The summed E-state index contributed by atoms with van der Waals surface area (Å²) >= 11 is 0. The molecule has 132 valence electrons. The van der Waals surface area contributed by atoms with Crippen molar-refractivity contribution in [2.45, 2.75) is 39.2 Å². The van der Waals surface area contributed by atoms with Crippen LogP contribution in [0.15, 0.2) is 40.8 Å². The van der Waals surface area contributed by atoms with Gasteiger partial charge in [0.25, 0.3) is 5.95 Å². The summed E-state index contributed by atoms with van der Waals surface area (Å²) in [6.07, 6.45) is 0. The molecule has 0 aliphatic rings. The van der Waals surface area contributed by atoms with Crippen molar-refractivity contribution in [3.63, 3.8) is 0 Å². The zero-order valence-electron chi connectivity index (χ0n) is 14.7. The molecular formula is C19H22N2O4. The summed E-state index contributed by atoms with van der Waals surface area (Å²) in [5.74, 6) is 6.68. The van der Waals surface area contributed by atoms with Crippen molar-refractivity contribution in [2.24, 2.45) is 5.73 Å². The van der Waals surface area contributed by atoms with E-state index in [0.29, 0.717) is 22.5 Å². The van der Waals surface area contributed by atoms with Gasteiger partial charge in [-0.05, 0) is 42.0 Å². The Kier molecular flexibility index (Phi) is 5.40. The Morgan fingerprint density at radius 3 is 2.44 bits per heavy atom. The highest BCUT2D eigenvalue weighted by Crippen LogP contribution is 2.27. The summed E-state index contributed by atoms with van der Waals surface area (Å²) < 4.78 is 11.1. The molecule has 0 bridgehead atoms. The fourth-order valence-corrected chi connectivity index (χ4v) is 2.01. The van der Waals surface area contributed by atoms with Gasteiger partial charge in [0, 0.05) is 6.07 Å². The van der Waals surface area contributed by atoms with E-state index in [1.807, 2.05) is 24.3 Å². The van der Waals surface area contributed by atoms with E-state index < -0.39 is 12.1 Å². The van der Waals surface area contributed by atoms with Crippen LogP contribution in [-0.4, -0.2) is 22.3 Å². The van der Waals surface area contributed by atoms with Gasteiger partial charge in [-0.2, -0.15) is 5.06 Å². The van der Waals surface area contributed by atoms with E-state index in [2.05, 4.69) is 32.6 Å². The highest BCUT2D eigenvalue weighted by atomic mass is 16.6. The number of benzene rings is 1. The second kappa shape index (κ2) is 7.32. The number of nitrogens with two attached hydrogens (primary N) is 1. The van der Waals surface area contributed by atoms with Crippen molar-refractivity contribution in [3.05, 3.63) is 47.7 Å². The van der Waals surface area contributed by atoms with E-state index in [1.54, 1.807) is 12.1 Å². The van der Waals surface area contributed by atoms with Gasteiger partial charge in [-0.15, -0.1) is 0 Å². The summed E-state index contributed by atoms with van der Waals surface area (Å²) in [5.41, 5.74) is 6.25. The van der Waals surface area contributed by atoms with Gasteiger partial charge in [0.05, 0.1) is 0 Å². The number of carbonyl (C=O) groups excluding carboxylic acids is 1. The molecule has 25 heavy (non-hydrogen) atoms. The molecule has 3 N–H and O–H groups in total. The van der Waals surface area contributed by atoms with Crippen LogP contribution in [0.4, 0.5) is 4.79 Å². The van der Waals surface area contributed by atoms with Crippen molar-refractivity contribution in [1.29, 1.82) is 0 Å². The molecule has 2 aromatic rings. The van der Waals surface area contributed by atoms with Crippen molar-refractivity contribution in [3.8, 4) is 23.5 Å². The van der Waals surface area contributed by atoms with Crippen LogP contribution in [0.1, 0.15) is 39.0 Å². The summed E-state index contributed by atoms with van der Waals surface area (Å²) in [5, 5.41) is 9.70. The van der Waals surface area contributed by atoms with Gasteiger partial charge in [0.2, 0.25) is 0 Å². The van der Waals surface area contributed by atoms with E-state index in [-0.39, 0.29) is 5.41 Å². The van der Waals surface area contributed by atoms with E-state index in [1.165, 1.54) is 12.5 Å². The molecule has 0 spiro atoms. The first kappa shape index (κ1) is 18.4. The van der Waals surface area contributed by atoms with Crippen molar-refractivity contribution < 1.29 is 19.2 Å². The first-order chi connectivity index (χ1) is 11.7. The first-order valence-corrected chi connectivity index (χ1v) is 7.84. The van der Waals surface area contributed by atoms with Gasteiger partial charge in [0.1, 0.15) is 11.8 Å². The van der Waals surface area contributed by atoms with Crippen molar-refractivity contribution >= 4 is 6.03 Å². The lowest BCUT2D eigenvalue weighted by Gasteiger charge is -2.18. The maximum atomic E-state index is 10.8. The van der Waals surface area contributed by atoms with Crippen LogP contribution in [0.2, 0.25) is 0 Å². The Morgan fingerprint density at radius 2 is 1.88 bits per heavy atom. The van der Waals surface area contributed by atoms with Gasteiger partial charge in [-0.1, -0.05) is 38.8 Å². The Morgan fingerprint density at radius 1 is 1.24 bits per heavy atom. The standard InChI is InChI=1S/C19H22N2O4/c1-13(21(23)18(20)22)5-8-15-11-12-17(24-15)25-16-9-6-14(7-10-16)19(2,3)4/h6-7,9-13,23H,1-4H3,(H2,20,22). The van der Waals surface area contributed by atoms with Gasteiger partial charge in [-0.3, -0.25) is 5.21 Å². The molecule has 0 saturated heterocycles. The molecule has 1 aromatic carbocycles. The summed E-state index contributed by atoms with van der Waals surface area (Å²) in [7, 11) is 0. The van der Waals surface area contributed by atoms with E-state index in [0.717, 1.165) is 0 Å². The van der Waals surface area contributed by atoms with Crippen LogP contribution in [-0.2, 0) is 5.41 Å². The highest BCUT2D eigenvalue weighted by molar-refractivity contribution is 5.71. The summed E-state index contributed by atoms with van der Waals surface area (Å²) in [6, 6.07) is 9.36. The van der Waals surface area contributed by atoms with E-state index >= 15 is 0 Å². The number of hydroxylamine groups is 2. The van der Waals surface area contributed by atoms with Gasteiger partial charge >= 0.3 is 6.03 Å².